The minimum absolute atomic E-state index is 0.0339. The van der Waals surface area contributed by atoms with Gasteiger partial charge in [0, 0.05) is 63.6 Å². The molecule has 0 unspecified atom stereocenters. The van der Waals surface area contributed by atoms with Gasteiger partial charge in [-0.1, -0.05) is 91.5 Å². The van der Waals surface area contributed by atoms with E-state index in [9.17, 15) is 9.59 Å². The smallest absolute Gasteiger partial charge is 0.330 e. The molecule has 9 rings (SSSR count). The predicted octanol–water partition coefficient (Wildman–Crippen LogP) is 12.0. The minimum atomic E-state index is -0.480. The first-order chi connectivity index (χ1) is 24.1. The molecule has 4 nitrogen and oxygen atoms in total. The molecule has 6 heteroatoms. The van der Waals surface area contributed by atoms with Crippen molar-refractivity contribution in [1.29, 1.82) is 0 Å². The monoisotopic (exact) mass is 671 g/mol. The maximum atomic E-state index is 13.9. The maximum Gasteiger partial charge on any atom is 0.330 e. The summed E-state index contributed by atoms with van der Waals surface area (Å²) in [6.07, 6.45) is 1.81. The number of carbonyl (C=O) groups excluding carboxylic acids is 2. The summed E-state index contributed by atoms with van der Waals surface area (Å²) in [6, 6.07) is 43.1. The van der Waals surface area contributed by atoms with E-state index in [1.807, 2.05) is 27.2 Å². The third-order valence-corrected chi connectivity index (χ3v) is 11.8. The van der Waals surface area contributed by atoms with Crippen LogP contribution in [0.1, 0.15) is 17.6 Å². The molecule has 0 saturated heterocycles. The number of ether oxygens (including phenoxy) is 1. The van der Waals surface area contributed by atoms with E-state index in [0.29, 0.717) is 6.42 Å². The fraction of sp³-hybridized carbons (Fsp3) is 0.0698. The highest BCUT2D eigenvalue weighted by Crippen LogP contribution is 2.44. The van der Waals surface area contributed by atoms with Crippen LogP contribution in [0.3, 0.4) is 0 Å². The Labute approximate surface area is 290 Å². The lowest BCUT2D eigenvalue weighted by molar-refractivity contribution is -0.137. The number of thiophene rings is 2. The molecule has 236 valence electrons. The SMILES string of the molecule is C=CC(=O)OCCCC(=O)n1c2ccc(-c3cccc4c3sc3ccccc34)cc2c2cc(-c3cccc4c3sc3ccccc34)ccc21. The second-order valence-corrected chi connectivity index (χ2v) is 14.3. The molecule has 0 fully saturated rings. The fourth-order valence-corrected chi connectivity index (χ4v) is 9.62. The molecule has 0 bridgehead atoms. The zero-order valence-electron chi connectivity index (χ0n) is 26.4. The van der Waals surface area contributed by atoms with E-state index in [1.165, 1.54) is 51.5 Å². The van der Waals surface area contributed by atoms with Crippen molar-refractivity contribution in [1.82, 2.24) is 4.57 Å². The van der Waals surface area contributed by atoms with Crippen molar-refractivity contribution < 1.29 is 14.3 Å². The molecular weight excluding hydrogens is 643 g/mol. The van der Waals surface area contributed by atoms with Crippen molar-refractivity contribution in [2.45, 2.75) is 12.8 Å². The van der Waals surface area contributed by atoms with Gasteiger partial charge in [0.25, 0.3) is 0 Å². The Hall–Kier alpha value is -5.56. The molecule has 3 aromatic heterocycles. The molecule has 0 atom stereocenters. The number of aromatic nitrogens is 1. The van der Waals surface area contributed by atoms with Gasteiger partial charge in [-0.2, -0.15) is 0 Å². The van der Waals surface area contributed by atoms with Crippen LogP contribution < -0.4 is 0 Å². The van der Waals surface area contributed by atoms with Gasteiger partial charge in [0.15, 0.2) is 0 Å². The summed E-state index contributed by atoms with van der Waals surface area (Å²) in [5.41, 5.74) is 6.33. The fourth-order valence-electron chi connectivity index (χ4n) is 7.14. The summed E-state index contributed by atoms with van der Waals surface area (Å²) in [7, 11) is 0. The van der Waals surface area contributed by atoms with Gasteiger partial charge in [-0.25, -0.2) is 4.79 Å². The molecule has 0 saturated carbocycles. The lowest BCUT2D eigenvalue weighted by Gasteiger charge is -2.08. The third kappa shape index (κ3) is 4.87. The number of fused-ring (bicyclic) bond motifs is 9. The zero-order chi connectivity index (χ0) is 33.1. The van der Waals surface area contributed by atoms with Crippen LogP contribution in [0.15, 0.2) is 134 Å². The number of benzene rings is 6. The number of rotatable bonds is 7. The standard InChI is InChI=1S/C43H29NO3S2/c1-2-41(46)47-23-9-18-40(45)44-36-21-19-26(28-12-7-14-32-30-10-3-5-16-38(30)48-42(28)32)24-34(36)35-25-27(20-22-37(35)44)29-13-8-15-33-31-11-4-6-17-39(31)49-43(29)33/h2-8,10-17,19-22,24-25H,1,9,18,23H2. The third-order valence-electron chi connectivity index (χ3n) is 9.39. The molecule has 3 heterocycles. The molecule has 0 aliphatic rings. The van der Waals surface area contributed by atoms with Gasteiger partial charge >= 0.3 is 5.97 Å². The highest BCUT2D eigenvalue weighted by atomic mass is 32.1. The van der Waals surface area contributed by atoms with Gasteiger partial charge in [0.2, 0.25) is 5.91 Å². The average Bonchev–Trinajstić information content (AvgIpc) is 3.82. The highest BCUT2D eigenvalue weighted by molar-refractivity contribution is 7.26. The Morgan fingerprint density at radius 3 is 1.65 bits per heavy atom. The first kappa shape index (κ1) is 29.6. The van der Waals surface area contributed by atoms with E-state index in [2.05, 4.69) is 128 Å². The number of esters is 1. The van der Waals surface area contributed by atoms with Crippen LogP contribution >= 0.6 is 22.7 Å². The summed E-state index contributed by atoms with van der Waals surface area (Å²) in [5.74, 6) is -0.514. The second kappa shape index (κ2) is 11.8. The Balaban J connectivity index is 1.23. The zero-order valence-corrected chi connectivity index (χ0v) is 28.1. The molecule has 6 aromatic carbocycles. The lowest BCUT2D eigenvalue weighted by atomic mass is 9.98. The molecule has 0 aliphatic carbocycles. The van der Waals surface area contributed by atoms with E-state index in [-0.39, 0.29) is 18.9 Å². The second-order valence-electron chi connectivity index (χ2n) is 12.2. The van der Waals surface area contributed by atoms with Crippen molar-refractivity contribution in [3.05, 3.63) is 134 Å². The van der Waals surface area contributed by atoms with E-state index < -0.39 is 5.97 Å². The van der Waals surface area contributed by atoms with Crippen LogP contribution in [0.4, 0.5) is 0 Å². The summed E-state index contributed by atoms with van der Waals surface area (Å²) in [4.78, 5) is 25.5. The number of hydrogen-bond donors (Lipinski definition) is 0. The molecule has 0 radical (unpaired) electrons. The van der Waals surface area contributed by atoms with Crippen molar-refractivity contribution in [2.75, 3.05) is 6.61 Å². The van der Waals surface area contributed by atoms with Crippen LogP contribution in [0.2, 0.25) is 0 Å². The molecule has 0 amide bonds. The summed E-state index contributed by atoms with van der Waals surface area (Å²) in [5, 5.41) is 7.11. The van der Waals surface area contributed by atoms with Gasteiger partial charge in [-0.3, -0.25) is 9.36 Å². The minimum Gasteiger partial charge on any atom is -0.463 e. The quantitative estimate of drug-likeness (QED) is 0.0962. The van der Waals surface area contributed by atoms with Crippen molar-refractivity contribution in [3.63, 3.8) is 0 Å². The Morgan fingerprint density at radius 2 is 1.12 bits per heavy atom. The largest absolute Gasteiger partial charge is 0.463 e. The van der Waals surface area contributed by atoms with Crippen LogP contribution in [-0.2, 0) is 9.53 Å². The van der Waals surface area contributed by atoms with Crippen LogP contribution in [0.25, 0.3) is 84.4 Å². The topological polar surface area (TPSA) is 48.3 Å². The maximum absolute atomic E-state index is 13.9. The summed E-state index contributed by atoms with van der Waals surface area (Å²) < 4.78 is 12.1. The Bertz CT molecular complexity index is 2630. The summed E-state index contributed by atoms with van der Waals surface area (Å²) in [6.45, 7) is 3.62. The predicted molar refractivity (Wildman–Crippen MR) is 207 cm³/mol. The Kier molecular flexibility index (Phi) is 7.15. The highest BCUT2D eigenvalue weighted by Gasteiger charge is 2.20. The van der Waals surface area contributed by atoms with Gasteiger partial charge in [0.05, 0.1) is 17.6 Å². The van der Waals surface area contributed by atoms with E-state index in [0.717, 1.165) is 39.0 Å². The van der Waals surface area contributed by atoms with Gasteiger partial charge in [-0.05, 0) is 65.1 Å². The van der Waals surface area contributed by atoms with E-state index in [1.54, 1.807) is 0 Å². The van der Waals surface area contributed by atoms with Crippen LogP contribution in [0.5, 0.6) is 0 Å². The molecular formula is C43H29NO3S2. The first-order valence-electron chi connectivity index (χ1n) is 16.3. The van der Waals surface area contributed by atoms with E-state index >= 15 is 0 Å². The average molecular weight is 672 g/mol. The van der Waals surface area contributed by atoms with Crippen molar-refractivity contribution in [3.8, 4) is 22.3 Å². The lowest BCUT2D eigenvalue weighted by Crippen LogP contribution is -2.12. The molecule has 0 N–H and O–H groups in total. The Morgan fingerprint density at radius 1 is 0.612 bits per heavy atom. The first-order valence-corrected chi connectivity index (χ1v) is 17.9. The van der Waals surface area contributed by atoms with Crippen LogP contribution in [0, 0.1) is 0 Å². The van der Waals surface area contributed by atoms with Gasteiger partial charge < -0.3 is 4.74 Å². The molecule has 9 aromatic rings. The molecule has 0 spiro atoms. The molecule has 49 heavy (non-hydrogen) atoms. The summed E-state index contributed by atoms with van der Waals surface area (Å²) >= 11 is 3.64. The van der Waals surface area contributed by atoms with Crippen molar-refractivity contribution >= 4 is 96.7 Å². The number of carbonyl (C=O) groups is 2. The number of nitrogens with zero attached hydrogens (tertiary/aromatic N) is 1. The number of hydrogen-bond acceptors (Lipinski definition) is 5. The normalized spacial score (nSPS) is 11.8. The van der Waals surface area contributed by atoms with E-state index in [4.69, 9.17) is 4.74 Å². The van der Waals surface area contributed by atoms with Gasteiger partial charge in [0.1, 0.15) is 0 Å². The molecule has 0 aliphatic heterocycles. The van der Waals surface area contributed by atoms with Gasteiger partial charge in [-0.15, -0.1) is 22.7 Å². The van der Waals surface area contributed by atoms with Crippen molar-refractivity contribution in [2.24, 2.45) is 0 Å². The van der Waals surface area contributed by atoms with Crippen LogP contribution in [-0.4, -0.2) is 23.1 Å².